The van der Waals surface area contributed by atoms with E-state index in [0.29, 0.717) is 22.7 Å². The number of halogens is 1. The molecular weight excluding hydrogens is 420 g/mol. The van der Waals surface area contributed by atoms with Gasteiger partial charge in [0.15, 0.2) is 6.39 Å². The largest absolute Gasteiger partial charge is 0.451 e. The van der Waals surface area contributed by atoms with Gasteiger partial charge in [-0.3, -0.25) is 0 Å². The number of sulfonamides is 1. The molecule has 4 aromatic rings. The zero-order valence-corrected chi connectivity index (χ0v) is 17.7. The smallest absolute Gasteiger partial charge is 0.238 e. The maximum absolute atomic E-state index is 12.4. The Balaban J connectivity index is 1.99. The van der Waals surface area contributed by atoms with Gasteiger partial charge >= 0.3 is 0 Å². The first-order valence-electron chi connectivity index (χ1n) is 9.21. The zero-order valence-electron chi connectivity index (χ0n) is 16.2. The fourth-order valence-electron chi connectivity index (χ4n) is 3.45. The molecule has 2 N–H and O–H groups in total. The van der Waals surface area contributed by atoms with Crippen LogP contribution in [0.1, 0.15) is 16.7 Å². The number of oxazole rings is 1. The van der Waals surface area contributed by atoms with Gasteiger partial charge in [-0.25, -0.2) is 18.5 Å². The van der Waals surface area contributed by atoms with Crippen molar-refractivity contribution in [3.63, 3.8) is 0 Å². The Morgan fingerprint density at radius 1 is 1.03 bits per heavy atom. The highest BCUT2D eigenvalue weighted by molar-refractivity contribution is 7.89. The Morgan fingerprint density at radius 3 is 2.43 bits per heavy atom. The van der Waals surface area contributed by atoms with Gasteiger partial charge in [-0.1, -0.05) is 48.0 Å². The summed E-state index contributed by atoms with van der Waals surface area (Å²) in [5, 5.41) is 6.21. The van der Waals surface area contributed by atoms with E-state index in [9.17, 15) is 8.42 Å². The first kappa shape index (κ1) is 20.3. The standard InChI is InChI=1S/C23H19ClN2O3S/c1-15-9-17(7-8-21(15)24)19-12-23(30(25,27)28)20(22-13-29-14-26-22)11-18(19)10-16-5-3-2-4-6-16/h2-9,11-14H,10H2,1H3,(H2,25,27,28). The fraction of sp³-hybridized carbons (Fsp3) is 0.0870. The summed E-state index contributed by atoms with van der Waals surface area (Å²) in [4.78, 5) is 4.13. The molecule has 0 atom stereocenters. The quantitative estimate of drug-likeness (QED) is 0.463. The molecule has 0 aliphatic rings. The summed E-state index contributed by atoms with van der Waals surface area (Å²) >= 11 is 6.20. The molecule has 30 heavy (non-hydrogen) atoms. The molecule has 0 unspecified atom stereocenters. The van der Waals surface area contributed by atoms with Crippen LogP contribution in [0.2, 0.25) is 5.02 Å². The lowest BCUT2D eigenvalue weighted by molar-refractivity contribution is 0.558. The molecule has 0 aliphatic heterocycles. The van der Waals surface area contributed by atoms with E-state index in [2.05, 4.69) is 4.98 Å². The van der Waals surface area contributed by atoms with Crippen LogP contribution in [0, 0.1) is 6.92 Å². The number of aromatic nitrogens is 1. The number of primary sulfonamides is 1. The van der Waals surface area contributed by atoms with Crippen LogP contribution in [0.5, 0.6) is 0 Å². The van der Waals surface area contributed by atoms with E-state index in [-0.39, 0.29) is 4.90 Å². The van der Waals surface area contributed by atoms with Gasteiger partial charge in [0.2, 0.25) is 10.0 Å². The van der Waals surface area contributed by atoms with Crippen LogP contribution in [0.4, 0.5) is 0 Å². The SMILES string of the molecule is Cc1cc(-c2cc(S(N)(=O)=O)c(-c3cocn3)cc2Cc2ccccc2)ccc1Cl. The first-order chi connectivity index (χ1) is 14.3. The lowest BCUT2D eigenvalue weighted by Crippen LogP contribution is -2.14. The fourth-order valence-corrected chi connectivity index (χ4v) is 4.32. The molecule has 0 aliphatic carbocycles. The van der Waals surface area contributed by atoms with Crippen molar-refractivity contribution in [3.8, 4) is 22.4 Å². The number of aryl methyl sites for hydroxylation is 1. The molecule has 0 radical (unpaired) electrons. The molecule has 4 rings (SSSR count). The van der Waals surface area contributed by atoms with Crippen LogP contribution in [0.25, 0.3) is 22.4 Å². The van der Waals surface area contributed by atoms with E-state index in [1.54, 1.807) is 12.1 Å². The van der Waals surface area contributed by atoms with Crippen LogP contribution in [0.15, 0.2) is 82.6 Å². The predicted molar refractivity (Wildman–Crippen MR) is 118 cm³/mol. The number of hydrogen-bond acceptors (Lipinski definition) is 4. The van der Waals surface area contributed by atoms with Crippen LogP contribution >= 0.6 is 11.6 Å². The van der Waals surface area contributed by atoms with E-state index >= 15 is 0 Å². The Kier molecular flexibility index (Phi) is 5.47. The monoisotopic (exact) mass is 438 g/mol. The number of hydrogen-bond donors (Lipinski definition) is 1. The van der Waals surface area contributed by atoms with Crippen molar-refractivity contribution in [1.82, 2.24) is 4.98 Å². The highest BCUT2D eigenvalue weighted by Crippen LogP contribution is 2.36. The summed E-state index contributed by atoms with van der Waals surface area (Å²) in [6, 6.07) is 19.0. The molecule has 0 saturated heterocycles. The van der Waals surface area contributed by atoms with Crippen molar-refractivity contribution in [3.05, 3.63) is 95.0 Å². The zero-order chi connectivity index (χ0) is 21.3. The molecule has 0 saturated carbocycles. The van der Waals surface area contributed by atoms with Crippen molar-refractivity contribution >= 4 is 21.6 Å². The van der Waals surface area contributed by atoms with Gasteiger partial charge in [-0.2, -0.15) is 0 Å². The second kappa shape index (κ2) is 8.07. The molecule has 0 amide bonds. The molecule has 0 spiro atoms. The average molecular weight is 439 g/mol. The lowest BCUT2D eigenvalue weighted by Gasteiger charge is -2.16. The second-order valence-corrected chi connectivity index (χ2v) is 8.99. The molecule has 3 aromatic carbocycles. The third kappa shape index (κ3) is 4.16. The van der Waals surface area contributed by atoms with E-state index < -0.39 is 10.0 Å². The molecule has 0 bridgehead atoms. The predicted octanol–water partition coefficient (Wildman–Crippen LogP) is 5.21. The Hall–Kier alpha value is -2.93. The first-order valence-corrected chi connectivity index (χ1v) is 11.1. The number of nitrogens with two attached hydrogens (primary N) is 1. The van der Waals surface area contributed by atoms with Gasteiger partial charge in [0.05, 0.1) is 4.90 Å². The summed E-state index contributed by atoms with van der Waals surface area (Å²) in [6.07, 6.45) is 3.27. The average Bonchev–Trinajstić information content (AvgIpc) is 3.25. The van der Waals surface area contributed by atoms with Crippen LogP contribution in [-0.4, -0.2) is 13.4 Å². The minimum absolute atomic E-state index is 0.00388. The van der Waals surface area contributed by atoms with Gasteiger partial charge in [-0.15, -0.1) is 0 Å². The minimum Gasteiger partial charge on any atom is -0.451 e. The lowest BCUT2D eigenvalue weighted by atomic mass is 9.92. The summed E-state index contributed by atoms with van der Waals surface area (Å²) in [5.74, 6) is 0. The van der Waals surface area contributed by atoms with Gasteiger partial charge in [0, 0.05) is 10.6 Å². The van der Waals surface area contributed by atoms with Crippen LogP contribution in [-0.2, 0) is 16.4 Å². The molecule has 7 heteroatoms. The Morgan fingerprint density at radius 2 is 1.80 bits per heavy atom. The van der Waals surface area contributed by atoms with Crippen LogP contribution < -0.4 is 5.14 Å². The number of benzene rings is 3. The van der Waals surface area contributed by atoms with Gasteiger partial charge in [0.25, 0.3) is 0 Å². The topological polar surface area (TPSA) is 86.2 Å². The van der Waals surface area contributed by atoms with E-state index in [0.717, 1.165) is 27.8 Å². The van der Waals surface area contributed by atoms with E-state index in [1.807, 2.05) is 55.5 Å². The number of nitrogens with zero attached hydrogens (tertiary/aromatic N) is 1. The van der Waals surface area contributed by atoms with Gasteiger partial charge < -0.3 is 4.42 Å². The van der Waals surface area contributed by atoms with Crippen molar-refractivity contribution in [2.45, 2.75) is 18.2 Å². The maximum Gasteiger partial charge on any atom is 0.238 e. The second-order valence-electron chi connectivity index (χ2n) is 7.05. The third-order valence-corrected chi connectivity index (χ3v) is 6.30. The third-order valence-electron chi connectivity index (χ3n) is 4.93. The molecule has 0 fully saturated rings. The summed E-state index contributed by atoms with van der Waals surface area (Å²) in [6.45, 7) is 1.91. The molecule has 1 heterocycles. The highest BCUT2D eigenvalue weighted by atomic mass is 35.5. The van der Waals surface area contributed by atoms with Crippen molar-refractivity contribution < 1.29 is 12.8 Å². The Bertz CT molecular complexity index is 1300. The summed E-state index contributed by atoms with van der Waals surface area (Å²) in [5.41, 5.74) is 5.39. The molecule has 5 nitrogen and oxygen atoms in total. The van der Waals surface area contributed by atoms with Gasteiger partial charge in [-0.05, 0) is 65.4 Å². The highest BCUT2D eigenvalue weighted by Gasteiger charge is 2.21. The summed E-state index contributed by atoms with van der Waals surface area (Å²) in [7, 11) is -4.01. The summed E-state index contributed by atoms with van der Waals surface area (Å²) < 4.78 is 29.9. The van der Waals surface area contributed by atoms with E-state index in [1.165, 1.54) is 12.7 Å². The maximum atomic E-state index is 12.4. The Labute approximate surface area is 180 Å². The van der Waals surface area contributed by atoms with Crippen molar-refractivity contribution in [1.29, 1.82) is 0 Å². The van der Waals surface area contributed by atoms with Crippen molar-refractivity contribution in [2.75, 3.05) is 0 Å². The normalized spacial score (nSPS) is 11.6. The number of rotatable bonds is 5. The van der Waals surface area contributed by atoms with Crippen molar-refractivity contribution in [2.24, 2.45) is 5.14 Å². The molecule has 152 valence electrons. The molecule has 1 aromatic heterocycles. The molecular formula is C23H19ClN2O3S. The minimum atomic E-state index is -4.01. The van der Waals surface area contributed by atoms with E-state index in [4.69, 9.17) is 21.2 Å². The van der Waals surface area contributed by atoms with Crippen LogP contribution in [0.3, 0.4) is 0 Å². The van der Waals surface area contributed by atoms with Gasteiger partial charge in [0.1, 0.15) is 12.0 Å².